The topological polar surface area (TPSA) is 59.8 Å². The lowest BCUT2D eigenvalue weighted by Gasteiger charge is -2.01. The molecule has 22 heavy (non-hydrogen) atoms. The highest BCUT2D eigenvalue weighted by atomic mass is 79.9. The quantitative estimate of drug-likeness (QED) is 0.730. The van der Waals surface area contributed by atoms with Gasteiger partial charge < -0.3 is 5.32 Å². The van der Waals surface area contributed by atoms with E-state index in [9.17, 15) is 4.79 Å². The Morgan fingerprint density at radius 1 is 1.32 bits per heavy atom. The van der Waals surface area contributed by atoms with Crippen molar-refractivity contribution in [3.05, 3.63) is 62.0 Å². The summed E-state index contributed by atoms with van der Waals surface area (Å²) in [5, 5.41) is 11.2. The van der Waals surface area contributed by atoms with Crippen LogP contribution in [0.5, 0.6) is 0 Å². The number of aromatic nitrogens is 3. The number of nitrogens with zero attached hydrogens (tertiary/aromatic N) is 3. The molecule has 3 rings (SSSR count). The van der Waals surface area contributed by atoms with Crippen molar-refractivity contribution in [3.8, 4) is 5.69 Å². The summed E-state index contributed by atoms with van der Waals surface area (Å²) in [7, 11) is 0. The number of carbonyl (C=O) groups is 1. The smallest absolute Gasteiger partial charge is 0.273 e. The lowest BCUT2D eigenvalue weighted by molar-refractivity contribution is 0.0946. The Bertz CT molecular complexity index is 817. The SMILES string of the molecule is O=C(NCc1ccc(Br)s1)c1cn(-c2ccccc2Cl)nn1. The van der Waals surface area contributed by atoms with E-state index in [0.717, 1.165) is 8.66 Å². The van der Waals surface area contributed by atoms with E-state index in [4.69, 9.17) is 11.6 Å². The normalized spacial score (nSPS) is 10.6. The Morgan fingerprint density at radius 2 is 2.14 bits per heavy atom. The molecular formula is C14H10BrClN4OS. The molecule has 5 nitrogen and oxygen atoms in total. The summed E-state index contributed by atoms with van der Waals surface area (Å²) in [6.45, 7) is 0.452. The molecule has 1 N–H and O–H groups in total. The highest BCUT2D eigenvalue weighted by Crippen LogP contribution is 2.22. The zero-order chi connectivity index (χ0) is 15.5. The minimum atomic E-state index is -0.275. The van der Waals surface area contributed by atoms with E-state index in [1.165, 1.54) is 4.68 Å². The summed E-state index contributed by atoms with van der Waals surface area (Å²) in [6.07, 6.45) is 1.56. The molecule has 0 spiro atoms. The largest absolute Gasteiger partial charge is 0.346 e. The number of hydrogen-bond donors (Lipinski definition) is 1. The predicted molar refractivity (Wildman–Crippen MR) is 89.6 cm³/mol. The highest BCUT2D eigenvalue weighted by Gasteiger charge is 2.12. The Labute approximate surface area is 144 Å². The van der Waals surface area contributed by atoms with Crippen molar-refractivity contribution in [2.24, 2.45) is 0 Å². The molecule has 0 aliphatic carbocycles. The zero-order valence-electron chi connectivity index (χ0n) is 11.2. The van der Waals surface area contributed by atoms with E-state index >= 15 is 0 Å². The van der Waals surface area contributed by atoms with Crippen molar-refractivity contribution in [3.63, 3.8) is 0 Å². The van der Waals surface area contributed by atoms with Gasteiger partial charge in [-0.3, -0.25) is 4.79 Å². The molecule has 0 unspecified atom stereocenters. The molecule has 0 radical (unpaired) electrons. The summed E-state index contributed by atoms with van der Waals surface area (Å²) in [6, 6.07) is 11.1. The maximum atomic E-state index is 12.1. The number of halogens is 2. The van der Waals surface area contributed by atoms with E-state index in [-0.39, 0.29) is 11.6 Å². The molecule has 0 aliphatic heterocycles. The first-order valence-corrected chi connectivity index (χ1v) is 8.32. The molecule has 0 bridgehead atoms. The van der Waals surface area contributed by atoms with Crippen LogP contribution in [0.25, 0.3) is 5.69 Å². The fourth-order valence-electron chi connectivity index (χ4n) is 1.83. The van der Waals surface area contributed by atoms with Crippen LogP contribution in [-0.2, 0) is 6.54 Å². The second-order valence-corrected chi connectivity index (χ2v) is 7.34. The second-order valence-electron chi connectivity index (χ2n) is 4.39. The zero-order valence-corrected chi connectivity index (χ0v) is 14.3. The van der Waals surface area contributed by atoms with Crippen molar-refractivity contribution in [1.82, 2.24) is 20.3 Å². The number of nitrogens with one attached hydrogen (secondary N) is 1. The van der Waals surface area contributed by atoms with Crippen LogP contribution >= 0.6 is 38.9 Å². The summed E-state index contributed by atoms with van der Waals surface area (Å²) in [4.78, 5) is 13.1. The Kier molecular flexibility index (Phi) is 4.56. The minimum Gasteiger partial charge on any atom is -0.346 e. The molecule has 2 aromatic heterocycles. The lowest BCUT2D eigenvalue weighted by Crippen LogP contribution is -2.22. The van der Waals surface area contributed by atoms with E-state index in [1.54, 1.807) is 23.6 Å². The lowest BCUT2D eigenvalue weighted by atomic mass is 10.3. The highest BCUT2D eigenvalue weighted by molar-refractivity contribution is 9.11. The minimum absolute atomic E-state index is 0.246. The predicted octanol–water partition coefficient (Wildman–Crippen LogP) is 3.67. The van der Waals surface area contributed by atoms with Crippen LogP contribution in [0.1, 0.15) is 15.4 Å². The van der Waals surface area contributed by atoms with Gasteiger partial charge in [0.25, 0.3) is 5.91 Å². The molecule has 0 saturated heterocycles. The number of benzene rings is 1. The first-order valence-electron chi connectivity index (χ1n) is 6.33. The van der Waals surface area contributed by atoms with Crippen molar-refractivity contribution in [2.45, 2.75) is 6.54 Å². The summed E-state index contributed by atoms with van der Waals surface area (Å²) in [5.74, 6) is -0.275. The number of thiophene rings is 1. The van der Waals surface area contributed by atoms with Gasteiger partial charge in [0.05, 0.1) is 27.2 Å². The molecule has 3 aromatic rings. The fraction of sp³-hybridized carbons (Fsp3) is 0.0714. The van der Waals surface area contributed by atoms with Gasteiger partial charge in [-0.2, -0.15) is 0 Å². The van der Waals surface area contributed by atoms with Crippen LogP contribution < -0.4 is 5.32 Å². The number of carbonyl (C=O) groups excluding carboxylic acids is 1. The van der Waals surface area contributed by atoms with Gasteiger partial charge in [0.2, 0.25) is 0 Å². The molecule has 1 amide bonds. The number of rotatable bonds is 4. The number of amides is 1. The van der Waals surface area contributed by atoms with Crippen molar-refractivity contribution < 1.29 is 4.79 Å². The maximum absolute atomic E-state index is 12.1. The summed E-state index contributed by atoms with van der Waals surface area (Å²) >= 11 is 11.1. The van der Waals surface area contributed by atoms with Crippen LogP contribution in [0.2, 0.25) is 5.02 Å². The Balaban J connectivity index is 1.70. The van der Waals surface area contributed by atoms with Gasteiger partial charge in [0.15, 0.2) is 5.69 Å². The van der Waals surface area contributed by atoms with Crippen LogP contribution in [0.3, 0.4) is 0 Å². The maximum Gasteiger partial charge on any atom is 0.273 e. The Hall–Kier alpha value is -1.70. The van der Waals surface area contributed by atoms with Gasteiger partial charge in [-0.1, -0.05) is 28.9 Å². The van der Waals surface area contributed by atoms with Crippen molar-refractivity contribution in [2.75, 3.05) is 0 Å². The number of para-hydroxylation sites is 1. The molecular weight excluding hydrogens is 388 g/mol. The van der Waals surface area contributed by atoms with Gasteiger partial charge in [0, 0.05) is 4.88 Å². The van der Waals surface area contributed by atoms with Gasteiger partial charge in [0.1, 0.15) is 0 Å². The number of hydrogen-bond acceptors (Lipinski definition) is 4. The van der Waals surface area contributed by atoms with E-state index in [2.05, 4.69) is 31.6 Å². The fourth-order valence-corrected chi connectivity index (χ4v) is 3.47. The third-order valence-electron chi connectivity index (χ3n) is 2.88. The van der Waals surface area contributed by atoms with Crippen LogP contribution in [0.15, 0.2) is 46.4 Å². The first kappa shape index (κ1) is 15.2. The van der Waals surface area contributed by atoms with Gasteiger partial charge in [-0.05, 0) is 40.2 Å². The third-order valence-corrected chi connectivity index (χ3v) is 4.82. The van der Waals surface area contributed by atoms with E-state index in [1.807, 2.05) is 30.3 Å². The monoisotopic (exact) mass is 396 g/mol. The van der Waals surface area contributed by atoms with Crippen molar-refractivity contribution in [1.29, 1.82) is 0 Å². The van der Waals surface area contributed by atoms with Crippen LogP contribution in [-0.4, -0.2) is 20.9 Å². The second kappa shape index (κ2) is 6.60. The molecule has 0 fully saturated rings. The average molecular weight is 398 g/mol. The standard InChI is InChI=1S/C14H10BrClN4OS/c15-13-6-5-9(22-13)7-17-14(21)11-8-20(19-18-11)12-4-2-1-3-10(12)16/h1-6,8H,7H2,(H,17,21). The average Bonchev–Trinajstić information content (AvgIpc) is 3.14. The molecule has 2 heterocycles. The van der Waals surface area contributed by atoms with E-state index < -0.39 is 0 Å². The van der Waals surface area contributed by atoms with Gasteiger partial charge >= 0.3 is 0 Å². The van der Waals surface area contributed by atoms with Crippen LogP contribution in [0, 0.1) is 0 Å². The Morgan fingerprint density at radius 3 is 2.86 bits per heavy atom. The van der Waals surface area contributed by atoms with Crippen LogP contribution in [0.4, 0.5) is 0 Å². The first-order chi connectivity index (χ1) is 10.6. The molecule has 0 saturated carbocycles. The summed E-state index contributed by atoms with van der Waals surface area (Å²) < 4.78 is 2.51. The molecule has 1 aromatic carbocycles. The molecule has 0 aliphatic rings. The van der Waals surface area contributed by atoms with E-state index in [0.29, 0.717) is 17.3 Å². The van der Waals surface area contributed by atoms with Gasteiger partial charge in [-0.25, -0.2) is 4.68 Å². The summed E-state index contributed by atoms with van der Waals surface area (Å²) in [5.41, 5.74) is 0.924. The van der Waals surface area contributed by atoms with Gasteiger partial charge in [-0.15, -0.1) is 16.4 Å². The molecule has 8 heteroatoms. The third kappa shape index (κ3) is 3.37. The molecule has 112 valence electrons. The molecule has 0 atom stereocenters. The van der Waals surface area contributed by atoms with Crippen molar-refractivity contribution >= 4 is 44.8 Å².